The van der Waals surface area contributed by atoms with Gasteiger partial charge in [0.2, 0.25) is 0 Å². The van der Waals surface area contributed by atoms with Gasteiger partial charge in [0.15, 0.2) is 11.6 Å². The van der Waals surface area contributed by atoms with Crippen LogP contribution in [0.2, 0.25) is 0 Å². The number of rotatable bonds is 2. The molecule has 0 unspecified atom stereocenters. The van der Waals surface area contributed by atoms with Gasteiger partial charge in [0.1, 0.15) is 0 Å². The number of benzene rings is 1. The molecule has 0 fully saturated rings. The van der Waals surface area contributed by atoms with Gasteiger partial charge in [0.05, 0.1) is 0 Å². The smallest absolute Gasteiger partial charge is 0.161 e. The van der Waals surface area contributed by atoms with Crippen molar-refractivity contribution in [1.29, 1.82) is 0 Å². The van der Waals surface area contributed by atoms with Gasteiger partial charge in [0.25, 0.3) is 0 Å². The van der Waals surface area contributed by atoms with Gasteiger partial charge in [-0.05, 0) is 24.1 Å². The first kappa shape index (κ1) is 10.9. The Morgan fingerprint density at radius 3 is 2.29 bits per heavy atom. The molecule has 0 heterocycles. The van der Waals surface area contributed by atoms with Gasteiger partial charge in [-0.15, -0.1) is 6.58 Å². The Kier molecular flexibility index (Phi) is 2.74. The predicted molar refractivity (Wildman–Crippen MR) is 54.3 cm³/mol. The minimum Gasteiger partial charge on any atom is -0.204 e. The highest BCUT2D eigenvalue weighted by atomic mass is 19.2. The molecule has 0 aliphatic rings. The molecular formula is C12H14F2. The molecule has 0 bridgehead atoms. The molecule has 76 valence electrons. The molecule has 2 heteroatoms. The van der Waals surface area contributed by atoms with E-state index in [1.54, 1.807) is 19.1 Å². The molecule has 0 radical (unpaired) electrons. The Balaban J connectivity index is 3.32. The molecule has 0 nitrogen and oxygen atoms in total. The van der Waals surface area contributed by atoms with Crippen LogP contribution in [0.25, 0.3) is 0 Å². The summed E-state index contributed by atoms with van der Waals surface area (Å²) < 4.78 is 26.1. The fourth-order valence-corrected chi connectivity index (χ4v) is 1.22. The van der Waals surface area contributed by atoms with Gasteiger partial charge in [-0.3, -0.25) is 0 Å². The van der Waals surface area contributed by atoms with Crippen molar-refractivity contribution < 1.29 is 8.78 Å². The maximum Gasteiger partial charge on any atom is 0.161 e. The van der Waals surface area contributed by atoms with Crippen molar-refractivity contribution in [3.8, 4) is 0 Å². The van der Waals surface area contributed by atoms with Gasteiger partial charge in [-0.25, -0.2) is 8.78 Å². The van der Waals surface area contributed by atoms with E-state index in [4.69, 9.17) is 0 Å². The van der Waals surface area contributed by atoms with Crippen molar-refractivity contribution in [3.05, 3.63) is 47.5 Å². The van der Waals surface area contributed by atoms with E-state index in [9.17, 15) is 8.78 Å². The van der Waals surface area contributed by atoms with Crippen LogP contribution in [0.4, 0.5) is 8.78 Å². The van der Waals surface area contributed by atoms with Crippen molar-refractivity contribution in [3.63, 3.8) is 0 Å². The monoisotopic (exact) mass is 196 g/mol. The molecule has 0 saturated heterocycles. The van der Waals surface area contributed by atoms with Crippen LogP contribution in [0.15, 0.2) is 24.8 Å². The molecule has 0 spiro atoms. The number of hydrogen-bond acceptors (Lipinski definition) is 0. The Hall–Kier alpha value is -1.18. The Bertz CT molecular complexity index is 342. The molecule has 1 aromatic rings. The molecule has 1 rings (SSSR count). The molecule has 1 aromatic carbocycles. The fourth-order valence-electron chi connectivity index (χ4n) is 1.22. The molecular weight excluding hydrogens is 182 g/mol. The molecule has 0 amide bonds. The highest BCUT2D eigenvalue weighted by Crippen LogP contribution is 2.27. The average molecular weight is 196 g/mol. The van der Waals surface area contributed by atoms with E-state index in [0.29, 0.717) is 5.56 Å². The lowest BCUT2D eigenvalue weighted by Crippen LogP contribution is -2.14. The van der Waals surface area contributed by atoms with Crippen LogP contribution in [0, 0.1) is 18.6 Å². The van der Waals surface area contributed by atoms with E-state index in [0.717, 1.165) is 5.56 Å². The van der Waals surface area contributed by atoms with Crippen LogP contribution in [-0.2, 0) is 5.41 Å². The standard InChI is InChI=1S/C12H14F2/c1-5-12(3,4)9-6-8(2)11(14)10(13)7-9/h5-7H,1H2,2-4H3. The van der Waals surface area contributed by atoms with Crippen LogP contribution < -0.4 is 0 Å². The third kappa shape index (κ3) is 1.84. The molecule has 14 heavy (non-hydrogen) atoms. The largest absolute Gasteiger partial charge is 0.204 e. The summed E-state index contributed by atoms with van der Waals surface area (Å²) in [6, 6.07) is 2.88. The van der Waals surface area contributed by atoms with Gasteiger partial charge >= 0.3 is 0 Å². The first-order valence-electron chi connectivity index (χ1n) is 4.48. The van der Waals surface area contributed by atoms with Gasteiger partial charge in [0, 0.05) is 5.41 Å². The molecule has 0 aliphatic carbocycles. The van der Waals surface area contributed by atoms with E-state index in [1.807, 2.05) is 13.8 Å². The van der Waals surface area contributed by atoms with Crippen molar-refractivity contribution in [2.75, 3.05) is 0 Å². The normalized spacial score (nSPS) is 11.5. The second-order valence-electron chi connectivity index (χ2n) is 4.01. The zero-order chi connectivity index (χ0) is 10.9. The van der Waals surface area contributed by atoms with Crippen molar-refractivity contribution >= 4 is 0 Å². The second kappa shape index (κ2) is 3.52. The lowest BCUT2D eigenvalue weighted by atomic mass is 9.84. The van der Waals surface area contributed by atoms with Gasteiger partial charge < -0.3 is 0 Å². The zero-order valence-corrected chi connectivity index (χ0v) is 8.70. The maximum atomic E-state index is 13.1. The van der Waals surface area contributed by atoms with Crippen molar-refractivity contribution in [2.45, 2.75) is 26.2 Å². The van der Waals surface area contributed by atoms with Crippen LogP contribution in [0.5, 0.6) is 0 Å². The second-order valence-corrected chi connectivity index (χ2v) is 4.01. The summed E-state index contributed by atoms with van der Waals surface area (Å²) in [5.41, 5.74) is 0.734. The van der Waals surface area contributed by atoms with E-state index in [2.05, 4.69) is 6.58 Å². The fraction of sp³-hybridized carbons (Fsp3) is 0.333. The highest BCUT2D eigenvalue weighted by molar-refractivity contribution is 5.33. The summed E-state index contributed by atoms with van der Waals surface area (Å²) in [6.45, 7) is 9.05. The van der Waals surface area contributed by atoms with Crippen LogP contribution >= 0.6 is 0 Å². The molecule has 0 N–H and O–H groups in total. The lowest BCUT2D eigenvalue weighted by Gasteiger charge is -2.21. The molecule has 0 saturated carbocycles. The maximum absolute atomic E-state index is 13.1. The highest BCUT2D eigenvalue weighted by Gasteiger charge is 2.19. The van der Waals surface area contributed by atoms with Gasteiger partial charge in [-0.1, -0.05) is 26.0 Å². The Morgan fingerprint density at radius 1 is 1.29 bits per heavy atom. The first-order valence-corrected chi connectivity index (χ1v) is 4.48. The topological polar surface area (TPSA) is 0 Å². The van der Waals surface area contributed by atoms with E-state index in [1.165, 1.54) is 6.07 Å². The molecule has 0 aromatic heterocycles. The minimum absolute atomic E-state index is 0.329. The zero-order valence-electron chi connectivity index (χ0n) is 8.70. The number of aryl methyl sites for hydroxylation is 1. The minimum atomic E-state index is -0.796. The van der Waals surface area contributed by atoms with Crippen LogP contribution in [0.3, 0.4) is 0 Å². The summed E-state index contributed by atoms with van der Waals surface area (Å²) in [7, 11) is 0. The Labute approximate surface area is 83.3 Å². The third-order valence-electron chi connectivity index (χ3n) is 2.46. The first-order chi connectivity index (χ1) is 6.38. The van der Waals surface area contributed by atoms with E-state index < -0.39 is 11.6 Å². The summed E-state index contributed by atoms with van der Waals surface area (Å²) >= 11 is 0. The van der Waals surface area contributed by atoms with Crippen molar-refractivity contribution in [2.24, 2.45) is 0 Å². The summed E-state index contributed by atoms with van der Waals surface area (Å²) in [6.07, 6.45) is 1.72. The van der Waals surface area contributed by atoms with Crippen LogP contribution in [-0.4, -0.2) is 0 Å². The van der Waals surface area contributed by atoms with E-state index in [-0.39, 0.29) is 5.41 Å². The number of allylic oxidation sites excluding steroid dienone is 1. The van der Waals surface area contributed by atoms with Gasteiger partial charge in [-0.2, -0.15) is 0 Å². The quantitative estimate of drug-likeness (QED) is 0.632. The van der Waals surface area contributed by atoms with Crippen LogP contribution in [0.1, 0.15) is 25.0 Å². The molecule has 0 atom stereocenters. The lowest BCUT2D eigenvalue weighted by molar-refractivity contribution is 0.497. The summed E-state index contributed by atoms with van der Waals surface area (Å²) in [5.74, 6) is -1.57. The van der Waals surface area contributed by atoms with E-state index >= 15 is 0 Å². The average Bonchev–Trinajstić information content (AvgIpc) is 2.13. The number of hydrogen-bond donors (Lipinski definition) is 0. The van der Waals surface area contributed by atoms with Crippen molar-refractivity contribution in [1.82, 2.24) is 0 Å². The molecule has 0 aliphatic heterocycles. The SMILES string of the molecule is C=CC(C)(C)c1cc(C)c(F)c(F)c1. The summed E-state index contributed by atoms with van der Waals surface area (Å²) in [4.78, 5) is 0. The number of halogens is 2. The summed E-state index contributed by atoms with van der Waals surface area (Å²) in [5, 5.41) is 0. The third-order valence-corrected chi connectivity index (χ3v) is 2.46. The Morgan fingerprint density at radius 2 is 1.86 bits per heavy atom. The predicted octanol–water partition coefficient (Wildman–Crippen LogP) is 3.74.